The number of halogens is 12. The summed E-state index contributed by atoms with van der Waals surface area (Å²) in [7, 11) is -21.3. The summed E-state index contributed by atoms with van der Waals surface area (Å²) < 4.78 is 118. The topological polar surface area (TPSA) is 0 Å². The van der Waals surface area contributed by atoms with Crippen LogP contribution in [0.5, 0.6) is 0 Å². The second kappa shape index (κ2) is 5.73. The van der Waals surface area contributed by atoms with Gasteiger partial charge >= 0.3 is 66.0 Å². The van der Waals surface area contributed by atoms with E-state index in [0.717, 1.165) is 11.5 Å². The molecule has 0 radical (unpaired) electrons. The number of hydrogen-bond acceptors (Lipinski definition) is 0. The first-order chi connectivity index (χ1) is 7.81. The van der Waals surface area contributed by atoms with Crippen molar-refractivity contribution < 1.29 is 50.4 Å². The van der Waals surface area contributed by atoms with Crippen LogP contribution in [-0.2, 0) is 25.3 Å². The molecule has 0 aromatic carbocycles. The Labute approximate surface area is 116 Å². The monoisotopic (exact) mass is 414 g/mol. The van der Waals surface area contributed by atoms with E-state index in [0.29, 0.717) is 0 Å². The molecule has 0 aromatic rings. The van der Waals surface area contributed by atoms with Gasteiger partial charge in [-0.2, -0.15) is 0 Å². The van der Waals surface area contributed by atoms with E-state index >= 15 is 0 Å². The van der Waals surface area contributed by atoms with Gasteiger partial charge in [0.05, 0.1) is 0 Å². The zero-order valence-corrected chi connectivity index (χ0v) is 13.0. The summed E-state index contributed by atoms with van der Waals surface area (Å²) in [5.74, 6) is 2.26. The van der Waals surface area contributed by atoms with Crippen LogP contribution in [0, 0.1) is 0 Å². The van der Waals surface area contributed by atoms with Gasteiger partial charge in [-0.1, -0.05) is 0 Å². The van der Waals surface area contributed by atoms with Gasteiger partial charge in [0.25, 0.3) is 0 Å². The summed E-state index contributed by atoms with van der Waals surface area (Å²) in [5, 5.41) is 0. The second-order valence-electron chi connectivity index (χ2n) is 3.12. The standard InChI is InChI=1S/C4H10S2.2F6P/c5-3-1-2-4-6;2*1-7(2,3,4,5)6/h5-6H,1-4H2;;/q;2*-1/p+2. The fraction of sp³-hybridized carbons (Fsp3) is 1.00. The van der Waals surface area contributed by atoms with Crippen molar-refractivity contribution in [2.45, 2.75) is 12.8 Å². The molecule has 0 saturated heterocycles. The molecule has 0 amide bonds. The van der Waals surface area contributed by atoms with E-state index in [4.69, 9.17) is 0 Å². The summed E-state index contributed by atoms with van der Waals surface area (Å²) in [5.41, 5.74) is 0. The zero-order valence-electron chi connectivity index (χ0n) is 9.26. The molecule has 20 heavy (non-hydrogen) atoms. The fourth-order valence-corrected chi connectivity index (χ4v) is 0.750. The van der Waals surface area contributed by atoms with Gasteiger partial charge in [0.1, 0.15) is 11.5 Å². The molecule has 0 fully saturated rings. The molecule has 0 saturated carbocycles. The molecule has 0 rings (SSSR count). The predicted molar refractivity (Wildman–Crippen MR) is 66.4 cm³/mol. The molecule has 0 aliphatic rings. The van der Waals surface area contributed by atoms with Gasteiger partial charge in [-0.05, 0) is 38.1 Å². The molecule has 0 bridgehead atoms. The van der Waals surface area contributed by atoms with E-state index in [9.17, 15) is 50.4 Å². The van der Waals surface area contributed by atoms with Crippen LogP contribution in [0.1, 0.15) is 12.8 Å². The molecule has 0 aliphatic carbocycles. The third-order valence-electron chi connectivity index (χ3n) is 0.604. The van der Waals surface area contributed by atoms with Crippen molar-refractivity contribution in [3.05, 3.63) is 0 Å². The third kappa shape index (κ3) is 425. The first-order valence-electron chi connectivity index (χ1n) is 4.24. The van der Waals surface area contributed by atoms with Crippen molar-refractivity contribution >= 4 is 40.9 Å². The molecule has 0 aromatic heterocycles. The van der Waals surface area contributed by atoms with E-state index in [2.05, 4.69) is 25.3 Å². The summed E-state index contributed by atoms with van der Waals surface area (Å²) in [6.45, 7) is 0. The Balaban J connectivity index is -0.000000218. The predicted octanol–water partition coefficient (Wildman–Crippen LogP) is 6.55. The Bertz CT molecular complexity index is 226. The van der Waals surface area contributed by atoms with Gasteiger partial charge in [-0.3, -0.25) is 0 Å². The average molecular weight is 414 g/mol. The van der Waals surface area contributed by atoms with Gasteiger partial charge in [-0.25, -0.2) is 0 Å². The normalized spacial score (nSPS) is 18.9. The maximum atomic E-state index is 9.87. The molecule has 0 unspecified atom stereocenters. The first-order valence-corrected chi connectivity index (χ1v) is 9.71. The first kappa shape index (κ1) is 25.7. The Morgan fingerprint density at radius 1 is 0.450 bits per heavy atom. The van der Waals surface area contributed by atoms with Crippen molar-refractivity contribution in [1.82, 2.24) is 0 Å². The molecule has 0 N–H and O–H groups in total. The smallest absolute Gasteiger partial charge is 0.0426 e. The number of hydrogen-bond donors (Lipinski definition) is 0. The van der Waals surface area contributed by atoms with Crippen LogP contribution in [0.25, 0.3) is 0 Å². The van der Waals surface area contributed by atoms with Crippen molar-refractivity contribution in [2.75, 3.05) is 11.5 Å². The SMILES string of the molecule is F[P-](F)(F)(F)(F)F.F[P-](F)(F)(F)(F)F.[SH2+]CCCC[SH2+]. The van der Waals surface area contributed by atoms with Crippen LogP contribution in [0.3, 0.4) is 0 Å². The number of unbranched alkanes of at least 4 members (excludes halogenated alkanes) is 1. The molecule has 0 nitrogen and oxygen atoms in total. The largest absolute Gasteiger partial charge is 0.103 e. The minimum absolute atomic E-state index is 1.13. The summed E-state index contributed by atoms with van der Waals surface area (Å²) in [4.78, 5) is 0. The van der Waals surface area contributed by atoms with Crippen molar-refractivity contribution in [3.63, 3.8) is 0 Å². The van der Waals surface area contributed by atoms with Gasteiger partial charge in [0, 0.05) is 0 Å². The van der Waals surface area contributed by atoms with Gasteiger partial charge in [0.2, 0.25) is 0 Å². The summed E-state index contributed by atoms with van der Waals surface area (Å²) in [6, 6.07) is 0. The van der Waals surface area contributed by atoms with E-state index < -0.39 is 15.6 Å². The van der Waals surface area contributed by atoms with Gasteiger partial charge in [0.15, 0.2) is 0 Å². The Morgan fingerprint density at radius 2 is 0.550 bits per heavy atom. The van der Waals surface area contributed by atoms with E-state index in [1.54, 1.807) is 0 Å². The molecule has 0 spiro atoms. The van der Waals surface area contributed by atoms with E-state index in [-0.39, 0.29) is 0 Å². The fourth-order valence-electron chi connectivity index (χ4n) is 0.250. The summed E-state index contributed by atoms with van der Waals surface area (Å²) >= 11 is 6.74. The van der Waals surface area contributed by atoms with Crippen LogP contribution in [0.2, 0.25) is 0 Å². The summed E-state index contributed by atoms with van der Waals surface area (Å²) in [6.07, 6.45) is 2.56. The van der Waals surface area contributed by atoms with Crippen LogP contribution in [-0.4, -0.2) is 11.5 Å². The average Bonchev–Trinajstić information content (AvgIpc) is 1.87. The quantitative estimate of drug-likeness (QED) is 0.213. The Kier molecular flexibility index (Phi) is 7.36. The molecular weight excluding hydrogens is 402 g/mol. The maximum Gasteiger partial charge on any atom is 0.103 e. The molecule has 0 aliphatic heterocycles. The number of rotatable bonds is 3. The molecule has 16 heteroatoms. The van der Waals surface area contributed by atoms with Gasteiger partial charge in [-0.15, -0.1) is 0 Å². The zero-order chi connectivity index (χ0) is 17.6. The van der Waals surface area contributed by atoms with E-state index in [1.807, 2.05) is 0 Å². The minimum Gasteiger partial charge on any atom is -0.0426 e. The third-order valence-corrected chi connectivity index (χ3v) is 1.31. The van der Waals surface area contributed by atoms with Crippen molar-refractivity contribution in [1.29, 1.82) is 0 Å². The molecule has 134 valence electrons. The van der Waals surface area contributed by atoms with Crippen molar-refractivity contribution in [2.24, 2.45) is 0 Å². The van der Waals surface area contributed by atoms with Gasteiger partial charge < -0.3 is 0 Å². The molecule has 0 atom stereocenters. The Morgan fingerprint density at radius 3 is 0.600 bits per heavy atom. The van der Waals surface area contributed by atoms with Crippen LogP contribution in [0.4, 0.5) is 50.4 Å². The molecule has 0 heterocycles. The second-order valence-corrected chi connectivity index (χ2v) is 7.96. The van der Waals surface area contributed by atoms with E-state index in [1.165, 1.54) is 12.8 Å². The minimum atomic E-state index is -10.7. The maximum absolute atomic E-state index is 10.7. The Hall–Kier alpha value is 0.720. The van der Waals surface area contributed by atoms with Crippen LogP contribution >= 0.6 is 15.6 Å². The molecular formula is C4H12F12P2S2. The van der Waals surface area contributed by atoms with Crippen LogP contribution < -0.4 is 0 Å². The van der Waals surface area contributed by atoms with Crippen molar-refractivity contribution in [3.8, 4) is 0 Å². The van der Waals surface area contributed by atoms with Crippen LogP contribution in [0.15, 0.2) is 0 Å².